The number of aryl methyl sites for hydroxylation is 1. The molecule has 0 N–H and O–H groups in total. The van der Waals surface area contributed by atoms with E-state index in [1.165, 1.54) is 5.56 Å². The molecule has 1 aliphatic heterocycles. The van der Waals surface area contributed by atoms with Crippen LogP contribution in [0.25, 0.3) is 0 Å². The highest BCUT2D eigenvalue weighted by Crippen LogP contribution is 2.48. The molecule has 0 radical (unpaired) electrons. The Bertz CT molecular complexity index is 659. The first kappa shape index (κ1) is 13.8. The second kappa shape index (κ2) is 5.39. The smallest absolute Gasteiger partial charge is 0.226 e. The van der Waals surface area contributed by atoms with Gasteiger partial charge in [-0.2, -0.15) is 5.10 Å². The van der Waals surface area contributed by atoms with Crippen LogP contribution in [0.5, 0.6) is 0 Å². The molecule has 2 atom stereocenters. The minimum absolute atomic E-state index is 0.163. The maximum absolute atomic E-state index is 12.6. The molecule has 1 aliphatic carbocycles. The summed E-state index contributed by atoms with van der Waals surface area (Å²) in [6, 6.07) is 0. The van der Waals surface area contributed by atoms with Crippen molar-refractivity contribution in [3.8, 4) is 0 Å². The van der Waals surface area contributed by atoms with Gasteiger partial charge in [-0.15, -0.1) is 11.3 Å². The molecule has 116 valence electrons. The lowest BCUT2D eigenvalue weighted by Crippen LogP contribution is -2.49. The van der Waals surface area contributed by atoms with Crippen LogP contribution in [0.1, 0.15) is 17.9 Å². The van der Waals surface area contributed by atoms with Gasteiger partial charge >= 0.3 is 0 Å². The van der Waals surface area contributed by atoms with Crippen LogP contribution in [0, 0.1) is 5.92 Å². The highest BCUT2D eigenvalue weighted by molar-refractivity contribution is 7.13. The van der Waals surface area contributed by atoms with Crippen molar-refractivity contribution in [1.29, 1.82) is 0 Å². The molecule has 0 aromatic carbocycles. The Morgan fingerprint density at radius 1 is 1.32 bits per heavy atom. The minimum atomic E-state index is 0.163. The van der Waals surface area contributed by atoms with Gasteiger partial charge in [-0.1, -0.05) is 0 Å². The second-order valence-corrected chi connectivity index (χ2v) is 6.90. The predicted octanol–water partition coefficient (Wildman–Crippen LogP) is 1.33. The maximum Gasteiger partial charge on any atom is 0.226 e. The molecule has 2 fully saturated rings. The lowest BCUT2D eigenvalue weighted by Gasteiger charge is -2.34. The summed E-state index contributed by atoms with van der Waals surface area (Å²) in [4.78, 5) is 21.2. The lowest BCUT2D eigenvalue weighted by molar-refractivity contribution is -0.132. The van der Waals surface area contributed by atoms with E-state index >= 15 is 0 Å². The summed E-state index contributed by atoms with van der Waals surface area (Å²) in [5.74, 6) is 0.849. The summed E-state index contributed by atoms with van der Waals surface area (Å²) < 4.78 is 1.81. The van der Waals surface area contributed by atoms with Gasteiger partial charge < -0.3 is 9.80 Å². The fraction of sp³-hybridized carbons (Fsp3) is 0.533. The first-order valence-electron chi connectivity index (χ1n) is 7.64. The SMILES string of the molecule is Cn1cc([C@H]2C[C@@H]2C(=O)N2CCN(c3nccs3)CC2)cn1. The summed E-state index contributed by atoms with van der Waals surface area (Å²) in [6.07, 6.45) is 6.72. The number of anilines is 1. The molecular formula is C15H19N5OS. The molecule has 0 spiro atoms. The maximum atomic E-state index is 12.6. The second-order valence-electron chi connectivity index (χ2n) is 6.02. The number of aromatic nitrogens is 3. The summed E-state index contributed by atoms with van der Waals surface area (Å²) in [5, 5.41) is 7.26. The molecule has 1 saturated heterocycles. The Balaban J connectivity index is 1.33. The fourth-order valence-corrected chi connectivity index (χ4v) is 3.89. The first-order chi connectivity index (χ1) is 10.7. The van der Waals surface area contributed by atoms with Gasteiger partial charge in [0.1, 0.15) is 0 Å². The van der Waals surface area contributed by atoms with E-state index in [0.29, 0.717) is 11.8 Å². The number of amides is 1. The molecule has 6 nitrogen and oxygen atoms in total. The monoisotopic (exact) mass is 317 g/mol. The molecular weight excluding hydrogens is 298 g/mol. The number of carbonyl (C=O) groups excluding carboxylic acids is 1. The number of thiazole rings is 1. The topological polar surface area (TPSA) is 54.3 Å². The van der Waals surface area contributed by atoms with Gasteiger partial charge in [0.2, 0.25) is 5.91 Å². The Kier molecular flexibility index (Phi) is 3.37. The van der Waals surface area contributed by atoms with Crippen LogP contribution in [0.3, 0.4) is 0 Å². The van der Waals surface area contributed by atoms with Gasteiger partial charge in [0.25, 0.3) is 0 Å². The minimum Gasteiger partial charge on any atom is -0.345 e. The van der Waals surface area contributed by atoms with Crippen LogP contribution in [-0.2, 0) is 11.8 Å². The number of hydrogen-bond donors (Lipinski definition) is 0. The molecule has 4 rings (SSSR count). The van der Waals surface area contributed by atoms with Crippen LogP contribution >= 0.6 is 11.3 Å². The van der Waals surface area contributed by atoms with E-state index in [1.54, 1.807) is 11.3 Å². The summed E-state index contributed by atoms with van der Waals surface area (Å²) in [7, 11) is 1.92. The van der Waals surface area contributed by atoms with Crippen molar-refractivity contribution in [2.75, 3.05) is 31.1 Å². The van der Waals surface area contributed by atoms with Crippen LogP contribution in [0.4, 0.5) is 5.13 Å². The highest BCUT2D eigenvalue weighted by Gasteiger charge is 2.46. The average molecular weight is 317 g/mol. The standard InChI is InChI=1S/C15H19N5OS/c1-18-10-11(9-17-18)12-8-13(12)14(21)19-3-5-20(6-4-19)15-16-2-7-22-15/h2,7,9-10,12-13H,3-6,8H2,1H3/t12-,13+/m1/s1. The zero-order valence-electron chi connectivity index (χ0n) is 12.6. The Hall–Kier alpha value is -1.89. The van der Waals surface area contributed by atoms with Gasteiger partial charge in [0.15, 0.2) is 5.13 Å². The predicted molar refractivity (Wildman–Crippen MR) is 85.0 cm³/mol. The van der Waals surface area contributed by atoms with E-state index in [1.807, 2.05) is 40.6 Å². The fourth-order valence-electron chi connectivity index (χ4n) is 3.19. The van der Waals surface area contributed by atoms with Crippen LogP contribution < -0.4 is 4.90 Å². The third kappa shape index (κ3) is 2.49. The number of carbonyl (C=O) groups is 1. The van der Waals surface area contributed by atoms with Crippen molar-refractivity contribution in [2.24, 2.45) is 13.0 Å². The van der Waals surface area contributed by atoms with Crippen LogP contribution in [-0.4, -0.2) is 51.8 Å². The van der Waals surface area contributed by atoms with Gasteiger partial charge in [0, 0.05) is 56.9 Å². The molecule has 1 amide bonds. The molecule has 7 heteroatoms. The molecule has 2 aromatic heterocycles. The summed E-state index contributed by atoms with van der Waals surface area (Å²) in [5.41, 5.74) is 1.20. The molecule has 1 saturated carbocycles. The van der Waals surface area contributed by atoms with E-state index < -0.39 is 0 Å². The van der Waals surface area contributed by atoms with Crippen LogP contribution in [0.15, 0.2) is 24.0 Å². The Labute approximate surface area is 133 Å². The summed E-state index contributed by atoms with van der Waals surface area (Å²) >= 11 is 1.66. The molecule has 3 heterocycles. The zero-order chi connectivity index (χ0) is 15.1. The lowest BCUT2D eigenvalue weighted by atomic mass is 10.2. The van der Waals surface area contributed by atoms with E-state index in [2.05, 4.69) is 15.0 Å². The summed E-state index contributed by atoms with van der Waals surface area (Å²) in [6.45, 7) is 3.36. The van der Waals surface area contributed by atoms with Crippen molar-refractivity contribution >= 4 is 22.4 Å². The Morgan fingerprint density at radius 2 is 2.14 bits per heavy atom. The van der Waals surface area contributed by atoms with E-state index in [9.17, 15) is 4.79 Å². The molecule has 0 bridgehead atoms. The quantitative estimate of drug-likeness (QED) is 0.857. The van der Waals surface area contributed by atoms with Gasteiger partial charge in [0.05, 0.1) is 6.20 Å². The van der Waals surface area contributed by atoms with Crippen LogP contribution in [0.2, 0.25) is 0 Å². The normalized spacial score (nSPS) is 24.6. The molecule has 2 aromatic rings. The molecule has 0 unspecified atom stereocenters. The van der Waals surface area contributed by atoms with Gasteiger partial charge in [-0.25, -0.2) is 4.98 Å². The van der Waals surface area contributed by atoms with E-state index in [-0.39, 0.29) is 5.92 Å². The van der Waals surface area contributed by atoms with Crippen molar-refractivity contribution in [1.82, 2.24) is 19.7 Å². The number of nitrogens with zero attached hydrogens (tertiary/aromatic N) is 5. The Morgan fingerprint density at radius 3 is 2.77 bits per heavy atom. The molecule has 2 aliphatic rings. The average Bonchev–Trinajstić information content (AvgIpc) is 2.95. The number of rotatable bonds is 3. The van der Waals surface area contributed by atoms with E-state index in [4.69, 9.17) is 0 Å². The molecule has 22 heavy (non-hydrogen) atoms. The largest absolute Gasteiger partial charge is 0.345 e. The zero-order valence-corrected chi connectivity index (χ0v) is 13.4. The third-order valence-electron chi connectivity index (χ3n) is 4.54. The first-order valence-corrected chi connectivity index (χ1v) is 8.52. The van der Waals surface area contributed by atoms with E-state index in [0.717, 1.165) is 37.7 Å². The van der Waals surface area contributed by atoms with Gasteiger partial charge in [-0.05, 0) is 17.9 Å². The van der Waals surface area contributed by atoms with Crippen molar-refractivity contribution in [2.45, 2.75) is 12.3 Å². The number of piperazine rings is 1. The van der Waals surface area contributed by atoms with Gasteiger partial charge in [-0.3, -0.25) is 9.48 Å². The van der Waals surface area contributed by atoms with Crippen molar-refractivity contribution in [3.05, 3.63) is 29.5 Å². The highest BCUT2D eigenvalue weighted by atomic mass is 32.1. The number of hydrogen-bond acceptors (Lipinski definition) is 5. The van der Waals surface area contributed by atoms with Crippen molar-refractivity contribution < 1.29 is 4.79 Å². The third-order valence-corrected chi connectivity index (χ3v) is 5.37. The van der Waals surface area contributed by atoms with Crippen molar-refractivity contribution in [3.63, 3.8) is 0 Å².